The molecule has 168 valence electrons. The number of carboxylic acids is 2. The topological polar surface area (TPSA) is 115 Å². The Balaban J connectivity index is 0.000000181. The summed E-state index contributed by atoms with van der Waals surface area (Å²) in [5, 5.41) is 18.6. The van der Waals surface area contributed by atoms with E-state index in [1.54, 1.807) is 48.5 Å². The fourth-order valence-electron chi connectivity index (χ4n) is 3.64. The average molecular weight is 479 g/mol. The van der Waals surface area contributed by atoms with Crippen LogP contribution in [0.2, 0.25) is 10.0 Å². The molecule has 2 amide bonds. The number of carbonyl (C=O) groups excluding carboxylic acids is 2. The van der Waals surface area contributed by atoms with Gasteiger partial charge in [-0.05, 0) is 37.1 Å². The number of aliphatic carboxylic acids is 2. The summed E-state index contributed by atoms with van der Waals surface area (Å²) in [5.41, 5.74) is 1.16. The van der Waals surface area contributed by atoms with Gasteiger partial charge in [0.25, 0.3) is 0 Å². The summed E-state index contributed by atoms with van der Waals surface area (Å²) in [5.74, 6) is -4.78. The van der Waals surface area contributed by atoms with Gasteiger partial charge < -0.3 is 20.0 Å². The van der Waals surface area contributed by atoms with Crippen molar-refractivity contribution in [1.29, 1.82) is 0 Å². The molecule has 0 aromatic heterocycles. The number of anilines is 2. The Bertz CT molecular complexity index is 977. The fraction of sp³-hybridized carbons (Fsp3) is 0.273. The van der Waals surface area contributed by atoms with Gasteiger partial charge in [0.15, 0.2) is 0 Å². The molecule has 0 bridgehead atoms. The molecule has 2 N–H and O–H groups in total. The molecule has 2 aromatic carbocycles. The van der Waals surface area contributed by atoms with Crippen molar-refractivity contribution >= 4 is 58.3 Å². The third-order valence-corrected chi connectivity index (χ3v) is 5.93. The minimum Gasteiger partial charge on any atom is -0.481 e. The maximum Gasteiger partial charge on any atom is 0.316 e. The molecule has 0 radical (unpaired) electrons. The van der Waals surface area contributed by atoms with Crippen LogP contribution < -0.4 is 9.80 Å². The van der Waals surface area contributed by atoms with E-state index in [1.807, 2.05) is 0 Å². The molecule has 2 aromatic rings. The maximum absolute atomic E-state index is 11.8. The number of carboxylic acid groups (broad SMARTS) is 2. The second-order valence-electron chi connectivity index (χ2n) is 7.24. The number of nitrogens with zero attached hydrogens (tertiary/aromatic N) is 2. The van der Waals surface area contributed by atoms with Gasteiger partial charge in [0.05, 0.1) is 21.4 Å². The van der Waals surface area contributed by atoms with E-state index in [0.717, 1.165) is 0 Å². The second kappa shape index (κ2) is 10.0. The van der Waals surface area contributed by atoms with E-state index < -0.39 is 23.8 Å². The molecular weight excluding hydrogens is 459 g/mol. The van der Waals surface area contributed by atoms with Crippen molar-refractivity contribution in [2.45, 2.75) is 12.8 Å². The third kappa shape index (κ3) is 4.87. The van der Waals surface area contributed by atoms with Crippen molar-refractivity contribution in [3.05, 3.63) is 58.6 Å². The number of amides is 2. The Morgan fingerprint density at radius 1 is 0.719 bits per heavy atom. The Kier molecular flexibility index (Phi) is 7.37. The van der Waals surface area contributed by atoms with E-state index in [1.165, 1.54) is 9.80 Å². The highest BCUT2D eigenvalue weighted by Crippen LogP contribution is 2.32. The quantitative estimate of drug-likeness (QED) is 0.649. The molecule has 2 aliphatic rings. The SMILES string of the molecule is O=C(O)C1CCN(c2ccccc2Cl)C1=O.O=C(O)C1CCN(c2ccccc2Cl)C1=O. The van der Waals surface area contributed by atoms with Crippen LogP contribution in [0.1, 0.15) is 12.8 Å². The van der Waals surface area contributed by atoms with Crippen LogP contribution in [0.5, 0.6) is 0 Å². The fourth-order valence-corrected chi connectivity index (χ4v) is 4.11. The largest absolute Gasteiger partial charge is 0.481 e. The summed E-state index contributed by atoms with van der Waals surface area (Å²) in [6.45, 7) is 0.805. The van der Waals surface area contributed by atoms with E-state index in [-0.39, 0.29) is 11.8 Å². The van der Waals surface area contributed by atoms with Crippen molar-refractivity contribution in [3.63, 3.8) is 0 Å². The molecule has 2 unspecified atom stereocenters. The van der Waals surface area contributed by atoms with Crippen molar-refractivity contribution in [2.75, 3.05) is 22.9 Å². The molecule has 8 nitrogen and oxygen atoms in total. The molecule has 0 spiro atoms. The first-order valence-electron chi connectivity index (χ1n) is 9.79. The first-order valence-corrected chi connectivity index (χ1v) is 10.6. The first kappa shape index (κ1) is 23.6. The highest BCUT2D eigenvalue weighted by atomic mass is 35.5. The van der Waals surface area contributed by atoms with Crippen LogP contribution in [-0.4, -0.2) is 47.1 Å². The Hall–Kier alpha value is -3.10. The molecule has 2 atom stereocenters. The molecule has 2 saturated heterocycles. The molecule has 2 fully saturated rings. The van der Waals surface area contributed by atoms with Gasteiger partial charge in [-0.25, -0.2) is 0 Å². The standard InChI is InChI=1S/2C11H10ClNO3/c2*12-8-3-1-2-4-9(8)13-6-5-7(10(13)14)11(15)16/h2*1-4,7H,5-6H2,(H,15,16). The summed E-state index contributed by atoms with van der Waals surface area (Å²) in [6.07, 6.45) is 0.665. The predicted octanol–water partition coefficient (Wildman–Crippen LogP) is 3.56. The van der Waals surface area contributed by atoms with Gasteiger partial charge in [-0.15, -0.1) is 0 Å². The minimum atomic E-state index is -1.07. The molecular formula is C22H20Cl2N2O6. The Morgan fingerprint density at radius 3 is 1.34 bits per heavy atom. The maximum atomic E-state index is 11.8. The zero-order valence-corrected chi connectivity index (χ0v) is 18.3. The van der Waals surface area contributed by atoms with Crippen LogP contribution in [0.3, 0.4) is 0 Å². The summed E-state index contributed by atoms with van der Waals surface area (Å²) in [7, 11) is 0. The summed E-state index contributed by atoms with van der Waals surface area (Å²) in [6, 6.07) is 13.8. The van der Waals surface area contributed by atoms with E-state index in [2.05, 4.69) is 0 Å². The lowest BCUT2D eigenvalue weighted by Crippen LogP contribution is -2.30. The number of benzene rings is 2. The second-order valence-corrected chi connectivity index (χ2v) is 8.06. The van der Waals surface area contributed by atoms with Crippen LogP contribution in [0.15, 0.2) is 48.5 Å². The van der Waals surface area contributed by atoms with Crippen LogP contribution in [0, 0.1) is 11.8 Å². The molecule has 32 heavy (non-hydrogen) atoms. The normalized spacial score (nSPS) is 20.2. The van der Waals surface area contributed by atoms with Gasteiger partial charge in [0, 0.05) is 13.1 Å². The molecule has 2 heterocycles. The van der Waals surface area contributed by atoms with E-state index >= 15 is 0 Å². The summed E-state index contributed by atoms with van der Waals surface area (Å²) in [4.78, 5) is 48.0. The Morgan fingerprint density at radius 2 is 1.06 bits per heavy atom. The van der Waals surface area contributed by atoms with Crippen molar-refractivity contribution in [3.8, 4) is 0 Å². The van der Waals surface area contributed by atoms with Crippen molar-refractivity contribution in [2.24, 2.45) is 11.8 Å². The molecule has 4 rings (SSSR count). The van der Waals surface area contributed by atoms with Crippen LogP contribution >= 0.6 is 23.2 Å². The average Bonchev–Trinajstić information content (AvgIpc) is 3.32. The van der Waals surface area contributed by atoms with Gasteiger partial charge in [0.2, 0.25) is 11.8 Å². The van der Waals surface area contributed by atoms with Gasteiger partial charge in [-0.1, -0.05) is 47.5 Å². The highest BCUT2D eigenvalue weighted by molar-refractivity contribution is 6.34. The van der Waals surface area contributed by atoms with Crippen LogP contribution in [-0.2, 0) is 19.2 Å². The van der Waals surface area contributed by atoms with Gasteiger partial charge in [-0.3, -0.25) is 19.2 Å². The van der Waals surface area contributed by atoms with E-state index in [0.29, 0.717) is 47.4 Å². The van der Waals surface area contributed by atoms with Gasteiger partial charge in [0.1, 0.15) is 11.8 Å². The number of para-hydroxylation sites is 2. The van der Waals surface area contributed by atoms with E-state index in [4.69, 9.17) is 33.4 Å². The van der Waals surface area contributed by atoms with Crippen molar-refractivity contribution in [1.82, 2.24) is 0 Å². The minimum absolute atomic E-state index is 0.333. The lowest BCUT2D eigenvalue weighted by atomic mass is 10.1. The van der Waals surface area contributed by atoms with E-state index in [9.17, 15) is 19.2 Å². The summed E-state index contributed by atoms with van der Waals surface area (Å²) < 4.78 is 0. The number of carbonyl (C=O) groups is 4. The summed E-state index contributed by atoms with van der Waals surface area (Å²) >= 11 is 11.9. The first-order chi connectivity index (χ1) is 15.2. The zero-order valence-electron chi connectivity index (χ0n) is 16.8. The predicted molar refractivity (Wildman–Crippen MR) is 119 cm³/mol. The smallest absolute Gasteiger partial charge is 0.316 e. The third-order valence-electron chi connectivity index (χ3n) is 5.29. The van der Waals surface area contributed by atoms with Crippen LogP contribution in [0.4, 0.5) is 11.4 Å². The Labute approximate surface area is 193 Å². The lowest BCUT2D eigenvalue weighted by molar-refractivity contribution is -0.146. The molecule has 0 saturated carbocycles. The number of rotatable bonds is 4. The molecule has 10 heteroatoms. The zero-order chi connectivity index (χ0) is 23.4. The number of hydrogen-bond donors (Lipinski definition) is 2. The van der Waals surface area contributed by atoms with Crippen molar-refractivity contribution < 1.29 is 29.4 Å². The number of hydrogen-bond acceptors (Lipinski definition) is 4. The molecule has 0 aliphatic carbocycles. The van der Waals surface area contributed by atoms with Crippen LogP contribution in [0.25, 0.3) is 0 Å². The van der Waals surface area contributed by atoms with Gasteiger partial charge >= 0.3 is 11.9 Å². The van der Waals surface area contributed by atoms with Gasteiger partial charge in [-0.2, -0.15) is 0 Å². The monoisotopic (exact) mass is 478 g/mol. The lowest BCUT2D eigenvalue weighted by Gasteiger charge is -2.17. The highest BCUT2D eigenvalue weighted by Gasteiger charge is 2.39. The molecule has 2 aliphatic heterocycles. The number of halogens is 2.